The smallest absolute Gasteiger partial charge is 0.337 e. The summed E-state index contributed by atoms with van der Waals surface area (Å²) >= 11 is 0. The van der Waals surface area contributed by atoms with Crippen LogP contribution in [0.2, 0.25) is 0 Å². The summed E-state index contributed by atoms with van der Waals surface area (Å²) in [6.45, 7) is 2.19. The molecule has 0 aliphatic heterocycles. The zero-order chi connectivity index (χ0) is 12.7. The van der Waals surface area contributed by atoms with Gasteiger partial charge in [0, 0.05) is 6.04 Å². The average Bonchev–Trinajstić information content (AvgIpc) is 2.69. The molecule has 1 fully saturated rings. The molecule has 1 atom stereocenters. The third-order valence-electron chi connectivity index (χ3n) is 4.11. The lowest BCUT2D eigenvalue weighted by Crippen LogP contribution is -2.22. The van der Waals surface area contributed by atoms with Crippen molar-refractivity contribution in [2.45, 2.75) is 32.2 Å². The van der Waals surface area contributed by atoms with Gasteiger partial charge in [0.2, 0.25) is 0 Å². The van der Waals surface area contributed by atoms with Gasteiger partial charge in [0.05, 0.1) is 17.4 Å². The molecule has 1 aromatic heterocycles. The molecule has 2 aromatic rings. The van der Waals surface area contributed by atoms with E-state index in [2.05, 4.69) is 16.5 Å². The Hall–Kier alpha value is -1.84. The van der Waals surface area contributed by atoms with E-state index in [0.717, 1.165) is 5.52 Å². The molecule has 0 radical (unpaired) electrons. The first kappa shape index (κ1) is 11.3. The second-order valence-corrected chi connectivity index (χ2v) is 5.06. The van der Waals surface area contributed by atoms with Crippen LogP contribution in [0.3, 0.4) is 0 Å². The van der Waals surface area contributed by atoms with Gasteiger partial charge in [-0.3, -0.25) is 0 Å². The van der Waals surface area contributed by atoms with Crippen LogP contribution in [0.15, 0.2) is 24.5 Å². The van der Waals surface area contributed by atoms with Crippen molar-refractivity contribution in [2.75, 3.05) is 0 Å². The van der Waals surface area contributed by atoms with Crippen molar-refractivity contribution in [1.29, 1.82) is 0 Å². The summed E-state index contributed by atoms with van der Waals surface area (Å²) < 4.78 is 2.12. The first-order valence-electron chi connectivity index (χ1n) is 6.37. The lowest BCUT2D eigenvalue weighted by atomic mass is 9.80. The van der Waals surface area contributed by atoms with Crippen molar-refractivity contribution in [3.8, 4) is 0 Å². The topological polar surface area (TPSA) is 55.1 Å². The molecule has 1 heterocycles. The maximum Gasteiger partial charge on any atom is 0.337 e. The summed E-state index contributed by atoms with van der Waals surface area (Å²) in [4.78, 5) is 15.4. The first-order valence-corrected chi connectivity index (χ1v) is 6.37. The summed E-state index contributed by atoms with van der Waals surface area (Å²) in [6.07, 6.45) is 5.61. The van der Waals surface area contributed by atoms with E-state index < -0.39 is 5.97 Å². The maximum absolute atomic E-state index is 11.1. The van der Waals surface area contributed by atoms with E-state index in [1.165, 1.54) is 19.3 Å². The molecule has 0 amide bonds. The van der Waals surface area contributed by atoms with E-state index >= 15 is 0 Å². The minimum Gasteiger partial charge on any atom is -0.478 e. The molecule has 1 aliphatic carbocycles. The van der Waals surface area contributed by atoms with Crippen LogP contribution in [-0.2, 0) is 0 Å². The number of aromatic carboxylic acids is 1. The van der Waals surface area contributed by atoms with Gasteiger partial charge in [-0.25, -0.2) is 9.78 Å². The van der Waals surface area contributed by atoms with Crippen LogP contribution in [0.1, 0.15) is 42.6 Å². The Bertz CT molecular complexity index is 599. The lowest BCUT2D eigenvalue weighted by molar-refractivity contribution is 0.0699. The Kier molecular flexibility index (Phi) is 2.58. The fourth-order valence-corrected chi connectivity index (χ4v) is 2.70. The number of imidazole rings is 1. The summed E-state index contributed by atoms with van der Waals surface area (Å²) in [5.41, 5.74) is 1.80. The monoisotopic (exact) mass is 244 g/mol. The van der Waals surface area contributed by atoms with Crippen LogP contribution in [-0.4, -0.2) is 20.6 Å². The lowest BCUT2D eigenvalue weighted by Gasteiger charge is -2.32. The molecule has 1 aromatic carbocycles. The van der Waals surface area contributed by atoms with Crippen molar-refractivity contribution in [2.24, 2.45) is 5.92 Å². The number of carboxylic acids is 1. The standard InChI is InChI=1S/C14H16N2O2/c1-9(10-4-2-5-10)16-8-15-13-11(14(17)18)6-3-7-12(13)16/h3,6-10H,2,4-5H2,1H3,(H,17,18). The Morgan fingerprint density at radius 2 is 2.28 bits per heavy atom. The normalized spacial score (nSPS) is 17.6. The van der Waals surface area contributed by atoms with Gasteiger partial charge in [-0.1, -0.05) is 12.5 Å². The zero-order valence-electron chi connectivity index (χ0n) is 10.3. The summed E-state index contributed by atoms with van der Waals surface area (Å²) in [5.74, 6) is -0.210. The number of nitrogens with zero attached hydrogens (tertiary/aromatic N) is 2. The molecule has 1 aliphatic rings. The molecule has 4 heteroatoms. The Balaban J connectivity index is 2.08. The van der Waals surface area contributed by atoms with Crippen molar-refractivity contribution in [1.82, 2.24) is 9.55 Å². The number of aromatic nitrogens is 2. The molecule has 0 bridgehead atoms. The predicted molar refractivity (Wildman–Crippen MR) is 68.7 cm³/mol. The number of carboxylic acid groups (broad SMARTS) is 1. The quantitative estimate of drug-likeness (QED) is 0.902. The molecule has 1 N–H and O–H groups in total. The van der Waals surface area contributed by atoms with Gasteiger partial charge in [0.15, 0.2) is 0 Å². The maximum atomic E-state index is 11.1. The molecule has 4 nitrogen and oxygen atoms in total. The molecule has 94 valence electrons. The molecule has 0 saturated heterocycles. The van der Waals surface area contributed by atoms with Crippen molar-refractivity contribution < 1.29 is 9.90 Å². The van der Waals surface area contributed by atoms with E-state index in [-0.39, 0.29) is 5.56 Å². The van der Waals surface area contributed by atoms with E-state index in [4.69, 9.17) is 5.11 Å². The van der Waals surface area contributed by atoms with Gasteiger partial charge < -0.3 is 9.67 Å². The number of hydrogen-bond acceptors (Lipinski definition) is 2. The molecular formula is C14H16N2O2. The first-order chi connectivity index (χ1) is 8.68. The molecular weight excluding hydrogens is 228 g/mol. The fourth-order valence-electron chi connectivity index (χ4n) is 2.70. The van der Waals surface area contributed by atoms with E-state index in [0.29, 0.717) is 17.5 Å². The number of para-hydroxylation sites is 1. The third kappa shape index (κ3) is 1.60. The van der Waals surface area contributed by atoms with Crippen molar-refractivity contribution in [3.63, 3.8) is 0 Å². The highest BCUT2D eigenvalue weighted by molar-refractivity contribution is 6.00. The third-order valence-corrected chi connectivity index (χ3v) is 4.11. The van der Waals surface area contributed by atoms with Gasteiger partial charge in [0.1, 0.15) is 5.52 Å². The minimum atomic E-state index is -0.915. The summed E-state index contributed by atoms with van der Waals surface area (Å²) in [7, 11) is 0. The van der Waals surface area contributed by atoms with Crippen LogP contribution in [0.25, 0.3) is 11.0 Å². The molecule has 0 spiro atoms. The largest absolute Gasteiger partial charge is 0.478 e. The average molecular weight is 244 g/mol. The van der Waals surface area contributed by atoms with Gasteiger partial charge in [-0.2, -0.15) is 0 Å². The van der Waals surface area contributed by atoms with Crippen LogP contribution >= 0.6 is 0 Å². The predicted octanol–water partition coefficient (Wildman–Crippen LogP) is 3.10. The summed E-state index contributed by atoms with van der Waals surface area (Å²) in [6, 6.07) is 5.74. The Labute approximate surface area is 105 Å². The number of carbonyl (C=O) groups is 1. The van der Waals surface area contributed by atoms with Crippen molar-refractivity contribution in [3.05, 3.63) is 30.1 Å². The van der Waals surface area contributed by atoms with Gasteiger partial charge in [0.25, 0.3) is 0 Å². The minimum absolute atomic E-state index is 0.284. The van der Waals surface area contributed by atoms with Gasteiger partial charge in [-0.15, -0.1) is 0 Å². The molecule has 1 unspecified atom stereocenters. The van der Waals surface area contributed by atoms with E-state index in [9.17, 15) is 4.79 Å². The highest BCUT2D eigenvalue weighted by atomic mass is 16.4. The van der Waals surface area contributed by atoms with E-state index in [1.54, 1.807) is 18.5 Å². The number of rotatable bonds is 3. The van der Waals surface area contributed by atoms with Gasteiger partial charge >= 0.3 is 5.97 Å². The van der Waals surface area contributed by atoms with Crippen molar-refractivity contribution >= 4 is 17.0 Å². The number of benzene rings is 1. The van der Waals surface area contributed by atoms with Crippen LogP contribution in [0, 0.1) is 5.92 Å². The molecule has 18 heavy (non-hydrogen) atoms. The number of fused-ring (bicyclic) bond motifs is 1. The SMILES string of the molecule is CC(C1CCC1)n1cnc2c(C(=O)O)cccc21. The van der Waals surface area contributed by atoms with Crippen LogP contribution < -0.4 is 0 Å². The van der Waals surface area contributed by atoms with Crippen LogP contribution in [0.4, 0.5) is 0 Å². The van der Waals surface area contributed by atoms with Crippen LogP contribution in [0.5, 0.6) is 0 Å². The fraction of sp³-hybridized carbons (Fsp3) is 0.429. The summed E-state index contributed by atoms with van der Waals surface area (Å²) in [5, 5.41) is 9.15. The highest BCUT2D eigenvalue weighted by Crippen LogP contribution is 2.37. The molecule has 3 rings (SSSR count). The second kappa shape index (κ2) is 4.12. The Morgan fingerprint density at radius 3 is 2.89 bits per heavy atom. The highest BCUT2D eigenvalue weighted by Gasteiger charge is 2.26. The van der Waals surface area contributed by atoms with Gasteiger partial charge in [-0.05, 0) is 37.8 Å². The second-order valence-electron chi connectivity index (χ2n) is 5.06. The number of hydrogen-bond donors (Lipinski definition) is 1. The Morgan fingerprint density at radius 1 is 1.50 bits per heavy atom. The molecule has 1 saturated carbocycles. The van der Waals surface area contributed by atoms with E-state index in [1.807, 2.05) is 6.07 Å². The zero-order valence-corrected chi connectivity index (χ0v) is 10.3.